The molecule has 22 heavy (non-hydrogen) atoms. The SMILES string of the molecule is CCOC(=O)[C@@H](CO)[C@@H](O)CCc1ccc2ccccc2c1. The van der Waals surface area contributed by atoms with Crippen molar-refractivity contribution in [1.29, 1.82) is 0 Å². The Morgan fingerprint density at radius 3 is 2.59 bits per heavy atom. The fourth-order valence-corrected chi connectivity index (χ4v) is 2.51. The van der Waals surface area contributed by atoms with E-state index >= 15 is 0 Å². The molecule has 2 aromatic carbocycles. The van der Waals surface area contributed by atoms with Gasteiger partial charge in [-0.1, -0.05) is 42.5 Å². The Labute approximate surface area is 130 Å². The van der Waals surface area contributed by atoms with Crippen molar-refractivity contribution < 1.29 is 19.7 Å². The third kappa shape index (κ3) is 4.06. The first-order valence-electron chi connectivity index (χ1n) is 7.59. The van der Waals surface area contributed by atoms with E-state index in [0.717, 1.165) is 10.9 Å². The van der Waals surface area contributed by atoms with E-state index in [-0.39, 0.29) is 6.61 Å². The van der Waals surface area contributed by atoms with Crippen LogP contribution in [0.25, 0.3) is 10.8 Å². The van der Waals surface area contributed by atoms with E-state index in [0.29, 0.717) is 12.8 Å². The number of aliphatic hydroxyl groups is 2. The maximum absolute atomic E-state index is 11.7. The van der Waals surface area contributed by atoms with Crippen LogP contribution in [0.5, 0.6) is 0 Å². The first kappa shape index (κ1) is 16.5. The first-order valence-corrected chi connectivity index (χ1v) is 7.59. The molecule has 0 aliphatic heterocycles. The molecule has 0 aliphatic carbocycles. The largest absolute Gasteiger partial charge is 0.466 e. The third-order valence-corrected chi connectivity index (χ3v) is 3.79. The van der Waals surface area contributed by atoms with Crippen molar-refractivity contribution in [2.75, 3.05) is 13.2 Å². The van der Waals surface area contributed by atoms with Crippen LogP contribution in [0.1, 0.15) is 18.9 Å². The number of hydrogen-bond donors (Lipinski definition) is 2. The Kier molecular flexibility index (Phi) is 5.92. The molecule has 4 heteroatoms. The van der Waals surface area contributed by atoms with Gasteiger partial charge in [0.1, 0.15) is 5.92 Å². The Morgan fingerprint density at radius 1 is 1.18 bits per heavy atom. The minimum atomic E-state index is -0.907. The van der Waals surface area contributed by atoms with Crippen LogP contribution < -0.4 is 0 Å². The van der Waals surface area contributed by atoms with Gasteiger partial charge in [0.2, 0.25) is 0 Å². The van der Waals surface area contributed by atoms with Gasteiger partial charge in [-0.15, -0.1) is 0 Å². The van der Waals surface area contributed by atoms with Crippen molar-refractivity contribution in [1.82, 2.24) is 0 Å². The van der Waals surface area contributed by atoms with Crippen molar-refractivity contribution in [2.45, 2.75) is 25.9 Å². The molecule has 2 rings (SSSR count). The van der Waals surface area contributed by atoms with Crippen LogP contribution in [0.3, 0.4) is 0 Å². The predicted octanol–water partition coefficient (Wildman–Crippen LogP) is 2.30. The zero-order chi connectivity index (χ0) is 15.9. The molecule has 4 nitrogen and oxygen atoms in total. The zero-order valence-electron chi connectivity index (χ0n) is 12.7. The van der Waals surface area contributed by atoms with E-state index in [9.17, 15) is 15.0 Å². The predicted molar refractivity (Wildman–Crippen MR) is 85.5 cm³/mol. The number of carbonyl (C=O) groups excluding carboxylic acids is 1. The standard InChI is InChI=1S/C18H22O4/c1-2-22-18(21)16(12-19)17(20)10-8-13-7-9-14-5-3-4-6-15(14)11-13/h3-7,9,11,16-17,19-20H,2,8,10,12H2,1H3/t16-,17-/m0/s1. The number of benzene rings is 2. The number of aliphatic hydroxyl groups excluding tert-OH is 2. The van der Waals surface area contributed by atoms with Crippen LogP contribution in [-0.4, -0.2) is 35.5 Å². The van der Waals surface area contributed by atoms with Gasteiger partial charge in [-0.2, -0.15) is 0 Å². The maximum atomic E-state index is 11.7. The Morgan fingerprint density at radius 2 is 1.91 bits per heavy atom. The van der Waals surface area contributed by atoms with Crippen molar-refractivity contribution in [3.05, 3.63) is 48.0 Å². The van der Waals surface area contributed by atoms with Crippen LogP contribution >= 0.6 is 0 Å². The molecule has 0 radical (unpaired) electrons. The highest BCUT2D eigenvalue weighted by Crippen LogP contribution is 2.18. The second-order valence-electron chi connectivity index (χ2n) is 5.33. The molecular formula is C18H22O4. The van der Waals surface area contributed by atoms with Crippen LogP contribution in [0, 0.1) is 5.92 Å². The Balaban J connectivity index is 1.99. The van der Waals surface area contributed by atoms with Gasteiger partial charge < -0.3 is 14.9 Å². The Bertz CT molecular complexity index is 623. The molecular weight excluding hydrogens is 280 g/mol. The number of ether oxygens (including phenoxy) is 1. The number of esters is 1. The van der Waals surface area contributed by atoms with Gasteiger partial charge in [-0.05, 0) is 36.1 Å². The minimum absolute atomic E-state index is 0.243. The zero-order valence-corrected chi connectivity index (χ0v) is 12.7. The van der Waals surface area contributed by atoms with Gasteiger partial charge in [-0.25, -0.2) is 0 Å². The highest BCUT2D eigenvalue weighted by molar-refractivity contribution is 5.83. The fourth-order valence-electron chi connectivity index (χ4n) is 2.51. The number of fused-ring (bicyclic) bond motifs is 1. The summed E-state index contributed by atoms with van der Waals surface area (Å²) in [6.45, 7) is 1.54. The average Bonchev–Trinajstić information content (AvgIpc) is 2.53. The summed E-state index contributed by atoms with van der Waals surface area (Å²) in [6, 6.07) is 14.2. The molecule has 0 bridgehead atoms. The van der Waals surface area contributed by atoms with Crippen LogP contribution in [0.15, 0.2) is 42.5 Å². The van der Waals surface area contributed by atoms with E-state index in [4.69, 9.17) is 4.74 Å². The molecule has 0 unspecified atom stereocenters. The lowest BCUT2D eigenvalue weighted by molar-refractivity contribution is -0.154. The van der Waals surface area contributed by atoms with Crippen molar-refractivity contribution in [3.8, 4) is 0 Å². The molecule has 0 fully saturated rings. The average molecular weight is 302 g/mol. The summed E-state index contributed by atoms with van der Waals surface area (Å²) in [7, 11) is 0. The normalized spacial score (nSPS) is 13.8. The first-order chi connectivity index (χ1) is 10.7. The summed E-state index contributed by atoms with van der Waals surface area (Å²) in [6.07, 6.45) is 0.139. The molecule has 2 aromatic rings. The van der Waals surface area contributed by atoms with Crippen molar-refractivity contribution in [2.24, 2.45) is 5.92 Å². The molecule has 0 aliphatic rings. The van der Waals surface area contributed by atoms with Gasteiger partial charge in [-0.3, -0.25) is 4.79 Å². The van der Waals surface area contributed by atoms with Crippen molar-refractivity contribution in [3.63, 3.8) is 0 Å². The highest BCUT2D eigenvalue weighted by atomic mass is 16.5. The molecule has 0 aromatic heterocycles. The Hall–Kier alpha value is -1.91. The van der Waals surface area contributed by atoms with Crippen LogP contribution in [0.2, 0.25) is 0 Å². The van der Waals surface area contributed by atoms with Gasteiger partial charge in [0.05, 0.1) is 19.3 Å². The molecule has 0 amide bonds. The number of aryl methyl sites for hydroxylation is 1. The molecule has 118 valence electrons. The third-order valence-electron chi connectivity index (χ3n) is 3.79. The summed E-state index contributed by atoms with van der Waals surface area (Å²) in [4.78, 5) is 11.7. The van der Waals surface area contributed by atoms with Crippen LogP contribution in [-0.2, 0) is 16.0 Å². The van der Waals surface area contributed by atoms with Gasteiger partial charge >= 0.3 is 5.97 Å². The van der Waals surface area contributed by atoms with E-state index in [1.807, 2.05) is 30.3 Å². The number of hydrogen-bond acceptors (Lipinski definition) is 4. The maximum Gasteiger partial charge on any atom is 0.313 e. The second-order valence-corrected chi connectivity index (χ2v) is 5.33. The summed E-state index contributed by atoms with van der Waals surface area (Å²) < 4.78 is 4.87. The minimum Gasteiger partial charge on any atom is -0.466 e. The number of carbonyl (C=O) groups is 1. The lowest BCUT2D eigenvalue weighted by Crippen LogP contribution is -2.33. The van der Waals surface area contributed by atoms with Crippen molar-refractivity contribution >= 4 is 16.7 Å². The van der Waals surface area contributed by atoms with Gasteiger partial charge in [0, 0.05) is 0 Å². The quantitative estimate of drug-likeness (QED) is 0.770. The van der Waals surface area contributed by atoms with Gasteiger partial charge in [0.25, 0.3) is 0 Å². The fraction of sp³-hybridized carbons (Fsp3) is 0.389. The van der Waals surface area contributed by atoms with E-state index in [2.05, 4.69) is 12.1 Å². The summed E-state index contributed by atoms with van der Waals surface area (Å²) in [5, 5.41) is 21.7. The topological polar surface area (TPSA) is 66.8 Å². The smallest absolute Gasteiger partial charge is 0.313 e. The lowest BCUT2D eigenvalue weighted by Gasteiger charge is -2.19. The molecule has 2 atom stereocenters. The molecule has 0 saturated heterocycles. The highest BCUT2D eigenvalue weighted by Gasteiger charge is 2.27. The van der Waals surface area contributed by atoms with Gasteiger partial charge in [0.15, 0.2) is 0 Å². The molecule has 0 saturated carbocycles. The second kappa shape index (κ2) is 7.92. The van der Waals surface area contributed by atoms with E-state index in [1.165, 1.54) is 5.39 Å². The van der Waals surface area contributed by atoms with E-state index < -0.39 is 24.6 Å². The lowest BCUT2D eigenvalue weighted by atomic mass is 9.96. The molecule has 2 N–H and O–H groups in total. The summed E-state index contributed by atoms with van der Waals surface area (Å²) in [5.41, 5.74) is 1.10. The van der Waals surface area contributed by atoms with E-state index in [1.54, 1.807) is 6.92 Å². The summed E-state index contributed by atoms with van der Waals surface area (Å²) >= 11 is 0. The van der Waals surface area contributed by atoms with Crippen LogP contribution in [0.4, 0.5) is 0 Å². The molecule has 0 spiro atoms. The monoisotopic (exact) mass is 302 g/mol. The number of rotatable bonds is 7. The molecule has 0 heterocycles. The summed E-state index contributed by atoms with van der Waals surface area (Å²) in [5.74, 6) is -1.42.